The van der Waals surface area contributed by atoms with Gasteiger partial charge in [0, 0.05) is 18.7 Å². The second-order valence-electron chi connectivity index (χ2n) is 3.46. The van der Waals surface area contributed by atoms with Crippen LogP contribution in [0.1, 0.15) is 12.7 Å². The molecule has 0 fully saturated rings. The molecule has 0 aliphatic rings. The molecule has 1 atom stereocenters. The Morgan fingerprint density at radius 1 is 1.57 bits per heavy atom. The summed E-state index contributed by atoms with van der Waals surface area (Å²) in [4.78, 5) is 4.43. The smallest absolute Gasteiger partial charge is 0.132 e. The van der Waals surface area contributed by atoms with Crippen LogP contribution >= 0.6 is 15.9 Å². The summed E-state index contributed by atoms with van der Waals surface area (Å²) in [5.41, 5.74) is 6.84. The van der Waals surface area contributed by atoms with E-state index in [1.165, 1.54) is 0 Å². The van der Waals surface area contributed by atoms with Crippen molar-refractivity contribution in [2.75, 3.05) is 0 Å². The number of nitrogens with zero attached hydrogens (tertiary/aromatic N) is 2. The quantitative estimate of drug-likeness (QED) is 0.890. The molecule has 0 radical (unpaired) electrons. The lowest BCUT2D eigenvalue weighted by molar-refractivity contribution is 0.699. The first kappa shape index (κ1) is 9.68. The molecule has 0 bridgehead atoms. The third-order valence-electron chi connectivity index (χ3n) is 2.08. The van der Waals surface area contributed by atoms with Gasteiger partial charge >= 0.3 is 0 Å². The molecule has 0 spiro atoms. The summed E-state index contributed by atoms with van der Waals surface area (Å²) in [7, 11) is 0. The van der Waals surface area contributed by atoms with Crippen LogP contribution < -0.4 is 5.73 Å². The van der Waals surface area contributed by atoms with Gasteiger partial charge in [0.05, 0.1) is 5.52 Å². The van der Waals surface area contributed by atoms with Crippen LogP contribution in [0.4, 0.5) is 0 Å². The van der Waals surface area contributed by atoms with E-state index in [0.29, 0.717) is 0 Å². The first-order valence-electron chi connectivity index (χ1n) is 4.55. The lowest BCUT2D eigenvalue weighted by Crippen LogP contribution is -2.19. The number of nitrogens with two attached hydrogens (primary N) is 1. The fraction of sp³-hybridized carbons (Fsp3) is 0.300. The predicted molar refractivity (Wildman–Crippen MR) is 60.2 cm³/mol. The Kier molecular flexibility index (Phi) is 2.56. The molecular weight excluding hydrogens is 242 g/mol. The first-order valence-corrected chi connectivity index (χ1v) is 5.35. The van der Waals surface area contributed by atoms with Crippen LogP contribution in [0.25, 0.3) is 5.52 Å². The topological polar surface area (TPSA) is 43.3 Å². The van der Waals surface area contributed by atoms with Gasteiger partial charge in [-0.2, -0.15) is 0 Å². The van der Waals surface area contributed by atoms with Crippen LogP contribution in [0.5, 0.6) is 0 Å². The van der Waals surface area contributed by atoms with Gasteiger partial charge in [0.2, 0.25) is 0 Å². The van der Waals surface area contributed by atoms with Crippen molar-refractivity contribution in [3.05, 3.63) is 34.8 Å². The number of pyridine rings is 1. The van der Waals surface area contributed by atoms with Crippen molar-refractivity contribution in [1.29, 1.82) is 0 Å². The monoisotopic (exact) mass is 253 g/mol. The maximum Gasteiger partial charge on any atom is 0.132 e. The lowest BCUT2D eigenvalue weighted by Gasteiger charge is -2.03. The van der Waals surface area contributed by atoms with E-state index in [1.54, 1.807) is 0 Å². The van der Waals surface area contributed by atoms with Crippen molar-refractivity contribution in [3.8, 4) is 0 Å². The lowest BCUT2D eigenvalue weighted by atomic mass is 10.2. The van der Waals surface area contributed by atoms with Crippen molar-refractivity contribution in [2.45, 2.75) is 19.4 Å². The van der Waals surface area contributed by atoms with Gasteiger partial charge in [0.1, 0.15) is 10.4 Å². The van der Waals surface area contributed by atoms with Crippen LogP contribution in [0.3, 0.4) is 0 Å². The number of fused-ring (bicyclic) bond motifs is 1. The summed E-state index contributed by atoms with van der Waals surface area (Å²) in [6.07, 6.45) is 2.79. The molecule has 74 valence electrons. The van der Waals surface area contributed by atoms with E-state index in [1.807, 2.05) is 31.3 Å². The van der Waals surface area contributed by atoms with Crippen molar-refractivity contribution < 1.29 is 0 Å². The van der Waals surface area contributed by atoms with E-state index in [9.17, 15) is 0 Å². The zero-order chi connectivity index (χ0) is 10.1. The summed E-state index contributed by atoms with van der Waals surface area (Å²) in [6.45, 7) is 1.98. The Morgan fingerprint density at radius 2 is 2.36 bits per heavy atom. The molecule has 3 nitrogen and oxygen atoms in total. The van der Waals surface area contributed by atoms with E-state index in [4.69, 9.17) is 5.73 Å². The highest BCUT2D eigenvalue weighted by Crippen LogP contribution is 2.18. The summed E-state index contributed by atoms with van der Waals surface area (Å²) >= 11 is 3.43. The number of aromatic nitrogens is 2. The molecular formula is C10H12BrN3. The number of halogens is 1. The summed E-state index contributed by atoms with van der Waals surface area (Å²) in [5, 5.41) is 0. The SMILES string of the molecule is CC(N)Cc1nc(Br)c2ccccn12. The minimum Gasteiger partial charge on any atom is -0.328 e. The molecule has 2 aromatic rings. The Labute approximate surface area is 91.1 Å². The fourth-order valence-corrected chi connectivity index (χ4v) is 2.02. The highest BCUT2D eigenvalue weighted by atomic mass is 79.9. The van der Waals surface area contributed by atoms with Crippen molar-refractivity contribution in [2.24, 2.45) is 5.73 Å². The molecule has 4 heteroatoms. The number of imidazole rings is 1. The Hall–Kier alpha value is -0.870. The summed E-state index contributed by atoms with van der Waals surface area (Å²) < 4.78 is 2.95. The zero-order valence-electron chi connectivity index (χ0n) is 7.94. The van der Waals surface area contributed by atoms with E-state index in [0.717, 1.165) is 22.4 Å². The molecule has 0 saturated carbocycles. The fourth-order valence-electron chi connectivity index (χ4n) is 1.49. The molecule has 0 aromatic carbocycles. The Balaban J connectivity index is 2.55. The molecule has 0 saturated heterocycles. The van der Waals surface area contributed by atoms with Crippen molar-refractivity contribution >= 4 is 21.4 Å². The molecule has 2 aromatic heterocycles. The second kappa shape index (κ2) is 3.71. The normalized spacial score (nSPS) is 13.4. The van der Waals surface area contributed by atoms with E-state index in [-0.39, 0.29) is 6.04 Å². The summed E-state index contributed by atoms with van der Waals surface area (Å²) in [6, 6.07) is 6.15. The van der Waals surface area contributed by atoms with E-state index in [2.05, 4.69) is 25.3 Å². The highest BCUT2D eigenvalue weighted by Gasteiger charge is 2.09. The largest absolute Gasteiger partial charge is 0.328 e. The molecule has 14 heavy (non-hydrogen) atoms. The van der Waals surface area contributed by atoms with Gasteiger partial charge in [-0.1, -0.05) is 6.07 Å². The Bertz CT molecular complexity index is 448. The zero-order valence-corrected chi connectivity index (χ0v) is 9.53. The van der Waals surface area contributed by atoms with Crippen LogP contribution in [-0.4, -0.2) is 15.4 Å². The van der Waals surface area contributed by atoms with Crippen molar-refractivity contribution in [1.82, 2.24) is 9.38 Å². The second-order valence-corrected chi connectivity index (χ2v) is 4.21. The third-order valence-corrected chi connectivity index (χ3v) is 2.66. The van der Waals surface area contributed by atoms with E-state index < -0.39 is 0 Å². The van der Waals surface area contributed by atoms with Gasteiger partial charge in [-0.05, 0) is 35.0 Å². The van der Waals surface area contributed by atoms with Gasteiger partial charge in [-0.15, -0.1) is 0 Å². The van der Waals surface area contributed by atoms with Crippen LogP contribution in [-0.2, 0) is 6.42 Å². The van der Waals surface area contributed by atoms with Gasteiger partial charge in [-0.3, -0.25) is 0 Å². The van der Waals surface area contributed by atoms with E-state index >= 15 is 0 Å². The first-order chi connectivity index (χ1) is 6.68. The van der Waals surface area contributed by atoms with Crippen LogP contribution in [0, 0.1) is 0 Å². The van der Waals surface area contributed by atoms with Gasteiger partial charge < -0.3 is 10.1 Å². The minimum atomic E-state index is 0.132. The Morgan fingerprint density at radius 3 is 3.07 bits per heavy atom. The molecule has 2 N–H and O–H groups in total. The molecule has 1 unspecified atom stereocenters. The highest BCUT2D eigenvalue weighted by molar-refractivity contribution is 9.10. The summed E-state index contributed by atoms with van der Waals surface area (Å²) in [5.74, 6) is 1.00. The number of hydrogen-bond acceptors (Lipinski definition) is 2. The molecule has 0 amide bonds. The number of rotatable bonds is 2. The van der Waals surface area contributed by atoms with Crippen LogP contribution in [0.15, 0.2) is 29.0 Å². The predicted octanol–water partition coefficient (Wildman–Crippen LogP) is 1.99. The molecule has 2 rings (SSSR count). The maximum atomic E-state index is 5.76. The third kappa shape index (κ3) is 1.67. The minimum absolute atomic E-state index is 0.132. The van der Waals surface area contributed by atoms with Crippen LogP contribution in [0.2, 0.25) is 0 Å². The molecule has 2 heterocycles. The van der Waals surface area contributed by atoms with Gasteiger partial charge in [0.25, 0.3) is 0 Å². The molecule has 0 aliphatic carbocycles. The van der Waals surface area contributed by atoms with Crippen molar-refractivity contribution in [3.63, 3.8) is 0 Å². The van der Waals surface area contributed by atoms with Gasteiger partial charge in [0.15, 0.2) is 0 Å². The maximum absolute atomic E-state index is 5.76. The average molecular weight is 254 g/mol. The average Bonchev–Trinajstić information content (AvgIpc) is 2.44. The molecule has 0 aliphatic heterocycles. The standard InChI is InChI=1S/C10H12BrN3/c1-7(12)6-9-13-10(11)8-4-2-3-5-14(8)9/h2-5,7H,6,12H2,1H3. The van der Waals surface area contributed by atoms with Gasteiger partial charge in [-0.25, -0.2) is 4.98 Å². The number of hydrogen-bond donors (Lipinski definition) is 1.